The minimum Gasteiger partial charge on any atom is -0.497 e. The maximum Gasteiger partial charge on any atom is 0.256 e. The first-order chi connectivity index (χ1) is 18.5. The van der Waals surface area contributed by atoms with Crippen molar-refractivity contribution < 1.29 is 23.9 Å². The van der Waals surface area contributed by atoms with Crippen molar-refractivity contribution in [1.29, 1.82) is 0 Å². The van der Waals surface area contributed by atoms with E-state index in [1.54, 1.807) is 77.8 Å². The molecule has 0 bridgehead atoms. The van der Waals surface area contributed by atoms with Crippen LogP contribution in [0.3, 0.4) is 0 Å². The largest absolute Gasteiger partial charge is 0.497 e. The molecule has 3 aromatic rings. The van der Waals surface area contributed by atoms with Gasteiger partial charge in [0.15, 0.2) is 0 Å². The number of likely N-dealkylation sites (tertiary alicyclic amines) is 1. The van der Waals surface area contributed by atoms with E-state index in [2.05, 4.69) is 10.3 Å². The summed E-state index contributed by atoms with van der Waals surface area (Å²) in [5, 5.41) is 2.94. The van der Waals surface area contributed by atoms with Gasteiger partial charge in [0, 0.05) is 56.0 Å². The molecule has 2 saturated heterocycles. The maximum atomic E-state index is 13.8. The normalized spacial score (nSPS) is 18.3. The lowest BCUT2D eigenvalue weighted by Gasteiger charge is -2.44. The van der Waals surface area contributed by atoms with E-state index in [1.165, 1.54) is 0 Å². The Kier molecular flexibility index (Phi) is 7.37. The van der Waals surface area contributed by atoms with Gasteiger partial charge in [-0.3, -0.25) is 24.3 Å². The van der Waals surface area contributed by atoms with Crippen LogP contribution >= 0.6 is 0 Å². The number of nitrogens with zero attached hydrogens (tertiary/aromatic N) is 3. The van der Waals surface area contributed by atoms with Gasteiger partial charge < -0.3 is 19.7 Å². The highest BCUT2D eigenvalue weighted by Crippen LogP contribution is 2.39. The summed E-state index contributed by atoms with van der Waals surface area (Å²) in [5.74, 6) is -0.0365. The molecule has 2 aromatic carbocycles. The van der Waals surface area contributed by atoms with Crippen LogP contribution in [0.25, 0.3) is 0 Å². The summed E-state index contributed by atoms with van der Waals surface area (Å²) in [6.07, 6.45) is 4.13. The first-order valence-corrected chi connectivity index (χ1v) is 12.6. The third kappa shape index (κ3) is 5.10. The molecule has 0 saturated carbocycles. The maximum absolute atomic E-state index is 13.8. The summed E-state index contributed by atoms with van der Waals surface area (Å²) >= 11 is 0. The highest BCUT2D eigenvalue weighted by atomic mass is 16.5. The number of hydrogen-bond donors (Lipinski definition) is 1. The van der Waals surface area contributed by atoms with E-state index in [1.807, 2.05) is 18.2 Å². The van der Waals surface area contributed by atoms with Gasteiger partial charge in [-0.1, -0.05) is 24.3 Å². The Hall–Kier alpha value is -4.24. The van der Waals surface area contributed by atoms with Gasteiger partial charge in [-0.15, -0.1) is 0 Å². The molecule has 2 aliphatic rings. The highest BCUT2D eigenvalue weighted by Gasteiger charge is 2.54. The molecule has 0 radical (unpaired) electrons. The molecule has 3 amide bonds. The number of nitrogens with one attached hydrogen (secondary N) is 1. The summed E-state index contributed by atoms with van der Waals surface area (Å²) in [6, 6.07) is 18.8. The summed E-state index contributed by atoms with van der Waals surface area (Å²) in [7, 11) is 1.56. The first-order valence-electron chi connectivity index (χ1n) is 12.6. The average Bonchev–Trinajstić information content (AvgIpc) is 3.35. The number of carbonyl (C=O) groups excluding carboxylic acids is 3. The number of carbonyl (C=O) groups is 3. The monoisotopic (exact) mass is 514 g/mol. The molecule has 0 aliphatic carbocycles. The molecular weight excluding hydrogens is 484 g/mol. The van der Waals surface area contributed by atoms with Crippen molar-refractivity contribution in [2.45, 2.75) is 31.2 Å². The van der Waals surface area contributed by atoms with Crippen LogP contribution in [0.15, 0.2) is 79.1 Å². The van der Waals surface area contributed by atoms with Crippen LogP contribution in [-0.4, -0.2) is 71.1 Å². The Morgan fingerprint density at radius 3 is 2.39 bits per heavy atom. The van der Waals surface area contributed by atoms with Gasteiger partial charge in [0.2, 0.25) is 5.91 Å². The summed E-state index contributed by atoms with van der Waals surface area (Å²) in [5.41, 5.74) is 0.959. The van der Waals surface area contributed by atoms with Crippen molar-refractivity contribution in [2.24, 2.45) is 0 Å². The number of benzene rings is 2. The second-order valence-corrected chi connectivity index (χ2v) is 9.41. The van der Waals surface area contributed by atoms with E-state index in [0.29, 0.717) is 49.4 Å². The molecule has 9 nitrogen and oxygen atoms in total. The Bertz CT molecular complexity index is 1290. The van der Waals surface area contributed by atoms with Gasteiger partial charge in [0.25, 0.3) is 11.8 Å². The van der Waals surface area contributed by atoms with Crippen molar-refractivity contribution in [3.8, 4) is 5.75 Å². The van der Waals surface area contributed by atoms with Crippen LogP contribution in [0.5, 0.6) is 5.75 Å². The number of hydrogen-bond acceptors (Lipinski definition) is 6. The van der Waals surface area contributed by atoms with Crippen molar-refractivity contribution in [3.05, 3.63) is 95.8 Å². The van der Waals surface area contributed by atoms with E-state index >= 15 is 0 Å². The van der Waals surface area contributed by atoms with Crippen LogP contribution in [0.1, 0.15) is 39.1 Å². The number of piperidine rings is 1. The Labute approximate surface area is 221 Å². The highest BCUT2D eigenvalue weighted by molar-refractivity contribution is 5.98. The Morgan fingerprint density at radius 1 is 0.974 bits per heavy atom. The van der Waals surface area contributed by atoms with Gasteiger partial charge in [-0.25, -0.2) is 0 Å². The van der Waals surface area contributed by atoms with Crippen LogP contribution in [0.4, 0.5) is 0 Å². The zero-order chi connectivity index (χ0) is 26.5. The molecule has 1 spiro atoms. The smallest absolute Gasteiger partial charge is 0.256 e. The van der Waals surface area contributed by atoms with Crippen LogP contribution in [0.2, 0.25) is 0 Å². The number of aromatic nitrogens is 1. The van der Waals surface area contributed by atoms with E-state index in [4.69, 9.17) is 9.47 Å². The molecule has 5 rings (SSSR count). The second kappa shape index (κ2) is 11.0. The lowest BCUT2D eigenvalue weighted by molar-refractivity contribution is -0.128. The lowest BCUT2D eigenvalue weighted by Crippen LogP contribution is -2.59. The van der Waals surface area contributed by atoms with Gasteiger partial charge >= 0.3 is 0 Å². The third-order valence-electron chi connectivity index (χ3n) is 7.17. The number of rotatable bonds is 6. The minimum atomic E-state index is -0.975. The molecule has 2 aliphatic heterocycles. The van der Waals surface area contributed by atoms with Crippen molar-refractivity contribution in [3.63, 3.8) is 0 Å². The predicted molar refractivity (Wildman–Crippen MR) is 139 cm³/mol. The fourth-order valence-corrected chi connectivity index (χ4v) is 5.09. The van der Waals surface area contributed by atoms with Gasteiger partial charge in [-0.2, -0.15) is 0 Å². The number of pyridine rings is 1. The Morgan fingerprint density at radius 2 is 1.68 bits per heavy atom. The summed E-state index contributed by atoms with van der Waals surface area (Å²) in [4.78, 5) is 47.6. The first kappa shape index (κ1) is 25.4. The quantitative estimate of drug-likeness (QED) is 0.543. The van der Waals surface area contributed by atoms with E-state index in [9.17, 15) is 14.4 Å². The van der Waals surface area contributed by atoms with Crippen LogP contribution in [-0.2, 0) is 16.1 Å². The van der Waals surface area contributed by atoms with Crippen LogP contribution < -0.4 is 10.1 Å². The molecule has 9 heteroatoms. The van der Waals surface area contributed by atoms with E-state index in [0.717, 1.165) is 5.56 Å². The fraction of sp³-hybridized carbons (Fsp3) is 0.310. The molecule has 1 unspecified atom stereocenters. The molecule has 2 fully saturated rings. The lowest BCUT2D eigenvalue weighted by atomic mass is 9.96. The van der Waals surface area contributed by atoms with Gasteiger partial charge in [0.1, 0.15) is 17.5 Å². The van der Waals surface area contributed by atoms with Crippen molar-refractivity contribution in [2.75, 3.05) is 26.8 Å². The van der Waals surface area contributed by atoms with Crippen LogP contribution in [0, 0.1) is 0 Å². The van der Waals surface area contributed by atoms with E-state index in [-0.39, 0.29) is 24.3 Å². The molecule has 1 N–H and O–H groups in total. The zero-order valence-corrected chi connectivity index (χ0v) is 21.2. The molecule has 1 atom stereocenters. The molecule has 196 valence electrons. The SMILES string of the molecule is COc1cccc(C(=O)N2CCC3(CC2)OCC(C(=O)NCc2ccncc2)N3C(=O)c2ccccc2)c1. The molecular formula is C29H30N4O5. The predicted octanol–water partition coefficient (Wildman–Crippen LogP) is 2.88. The average molecular weight is 515 g/mol. The number of amides is 3. The minimum absolute atomic E-state index is 0.0879. The molecule has 38 heavy (non-hydrogen) atoms. The fourth-order valence-electron chi connectivity index (χ4n) is 5.09. The third-order valence-corrected chi connectivity index (χ3v) is 7.17. The Balaban J connectivity index is 1.34. The number of methoxy groups -OCH3 is 1. The topological polar surface area (TPSA) is 101 Å². The summed E-state index contributed by atoms with van der Waals surface area (Å²) < 4.78 is 11.5. The standard InChI is InChI=1S/C29H30N4O5/c1-37-24-9-5-8-23(18-24)27(35)32-16-12-29(13-17-32)33(28(36)22-6-3-2-4-7-22)25(20-38-29)26(34)31-19-21-10-14-30-15-11-21/h2-11,14-15,18,25H,12-13,16-17,19-20H2,1H3,(H,31,34). The van der Waals surface area contributed by atoms with E-state index < -0.39 is 11.8 Å². The number of ether oxygens (including phenoxy) is 2. The second-order valence-electron chi connectivity index (χ2n) is 9.41. The molecule has 3 heterocycles. The van der Waals surface area contributed by atoms with Crippen molar-refractivity contribution in [1.82, 2.24) is 20.1 Å². The zero-order valence-electron chi connectivity index (χ0n) is 21.2. The summed E-state index contributed by atoms with van der Waals surface area (Å²) in [6.45, 7) is 1.19. The molecule has 1 aromatic heterocycles. The van der Waals surface area contributed by atoms with Gasteiger partial charge in [-0.05, 0) is 48.0 Å². The van der Waals surface area contributed by atoms with Gasteiger partial charge in [0.05, 0.1) is 13.7 Å². The van der Waals surface area contributed by atoms with Crippen molar-refractivity contribution >= 4 is 17.7 Å².